The number of nitrogens with zero attached hydrogens (tertiary/aromatic N) is 2. The summed E-state index contributed by atoms with van der Waals surface area (Å²) in [6.45, 7) is 5.04. The second-order valence-corrected chi connectivity index (χ2v) is 8.61. The summed E-state index contributed by atoms with van der Waals surface area (Å²) < 4.78 is 10.9. The van der Waals surface area contributed by atoms with Gasteiger partial charge < -0.3 is 24.4 Å². The van der Waals surface area contributed by atoms with Gasteiger partial charge in [-0.3, -0.25) is 9.59 Å². The Morgan fingerprint density at radius 1 is 1.03 bits per heavy atom. The van der Waals surface area contributed by atoms with Crippen LogP contribution in [0.4, 0.5) is 0 Å². The monoisotopic (exact) mass is 452 g/mol. The van der Waals surface area contributed by atoms with E-state index >= 15 is 0 Å². The van der Waals surface area contributed by atoms with Crippen molar-refractivity contribution in [2.45, 2.75) is 32.4 Å². The zero-order valence-corrected chi connectivity index (χ0v) is 19.9. The highest BCUT2D eigenvalue weighted by atomic mass is 16.5. The maximum absolute atomic E-state index is 13.1. The van der Waals surface area contributed by atoms with E-state index in [1.807, 2.05) is 45.0 Å². The normalized spacial score (nSPS) is 17.8. The number of rotatable bonds is 9. The molecule has 1 fully saturated rings. The van der Waals surface area contributed by atoms with E-state index in [0.29, 0.717) is 30.0 Å². The minimum absolute atomic E-state index is 0.0204. The third-order valence-electron chi connectivity index (χ3n) is 5.48. The van der Waals surface area contributed by atoms with E-state index in [-0.39, 0.29) is 17.4 Å². The highest BCUT2D eigenvalue weighted by Crippen LogP contribution is 2.40. The van der Waals surface area contributed by atoms with E-state index in [2.05, 4.69) is 0 Å². The Labute approximate surface area is 195 Å². The van der Waals surface area contributed by atoms with Crippen LogP contribution in [0, 0.1) is 0 Å². The van der Waals surface area contributed by atoms with Gasteiger partial charge in [-0.15, -0.1) is 0 Å². The number of aliphatic hydroxyl groups is 1. The van der Waals surface area contributed by atoms with E-state index in [0.717, 1.165) is 12.1 Å². The molecule has 1 aliphatic heterocycles. The second kappa shape index (κ2) is 10.5. The molecule has 1 saturated heterocycles. The number of carbonyl (C=O) groups excluding carboxylic acids is 2. The van der Waals surface area contributed by atoms with Crippen LogP contribution in [-0.2, 0) is 9.59 Å². The summed E-state index contributed by atoms with van der Waals surface area (Å²) in [4.78, 5) is 29.6. The molecule has 3 rings (SSSR count). The van der Waals surface area contributed by atoms with Gasteiger partial charge in [-0.25, -0.2) is 0 Å². The Morgan fingerprint density at radius 3 is 2.18 bits per heavy atom. The van der Waals surface area contributed by atoms with Crippen molar-refractivity contribution in [3.63, 3.8) is 0 Å². The zero-order chi connectivity index (χ0) is 24.1. The van der Waals surface area contributed by atoms with Crippen LogP contribution >= 0.6 is 0 Å². The van der Waals surface area contributed by atoms with Crippen molar-refractivity contribution in [1.29, 1.82) is 0 Å². The van der Waals surface area contributed by atoms with Gasteiger partial charge in [0.15, 0.2) is 0 Å². The van der Waals surface area contributed by atoms with Crippen molar-refractivity contribution in [3.05, 3.63) is 65.2 Å². The fourth-order valence-electron chi connectivity index (χ4n) is 3.92. The molecule has 0 saturated carbocycles. The van der Waals surface area contributed by atoms with Gasteiger partial charge >= 0.3 is 0 Å². The predicted octanol–water partition coefficient (Wildman–Crippen LogP) is 3.86. The molecule has 0 aliphatic carbocycles. The van der Waals surface area contributed by atoms with Crippen LogP contribution in [0.5, 0.6) is 11.5 Å². The summed E-state index contributed by atoms with van der Waals surface area (Å²) >= 11 is 0. The van der Waals surface area contributed by atoms with Crippen molar-refractivity contribution in [2.75, 3.05) is 34.3 Å². The number of likely N-dealkylation sites (tertiary alicyclic amines) is 1. The standard InChI is InChI=1S/C26H32N2O5/c1-17(2)33-21-13-9-19(10-14-21)24(29)22-23(18-7-11-20(32-5)12-8-18)28(26(31)25(22)30)16-6-15-27(3)4/h7-14,17,23,29H,6,15-16H2,1-5H3/t23-/m1/s1. The first-order valence-electron chi connectivity index (χ1n) is 11.1. The molecule has 0 spiro atoms. The molecule has 1 aliphatic rings. The number of hydrogen-bond acceptors (Lipinski definition) is 6. The summed E-state index contributed by atoms with van der Waals surface area (Å²) in [5.41, 5.74) is 1.28. The van der Waals surface area contributed by atoms with Crippen LogP contribution in [0.25, 0.3) is 5.76 Å². The molecular weight excluding hydrogens is 420 g/mol. The number of ketones is 1. The number of benzene rings is 2. The minimum Gasteiger partial charge on any atom is -0.507 e. The van der Waals surface area contributed by atoms with Gasteiger partial charge in [-0.05, 0) is 82.9 Å². The Kier molecular flexibility index (Phi) is 7.76. The highest BCUT2D eigenvalue weighted by Gasteiger charge is 2.45. The lowest BCUT2D eigenvalue weighted by Gasteiger charge is -2.26. The number of amides is 1. The van der Waals surface area contributed by atoms with Gasteiger partial charge in [0.2, 0.25) is 0 Å². The lowest BCUT2D eigenvalue weighted by atomic mass is 9.95. The molecule has 1 N–H and O–H groups in total. The van der Waals surface area contributed by atoms with E-state index in [1.54, 1.807) is 48.4 Å². The molecule has 2 aromatic rings. The molecule has 7 heteroatoms. The molecule has 1 atom stereocenters. The predicted molar refractivity (Wildman–Crippen MR) is 127 cm³/mol. The molecule has 2 aromatic carbocycles. The topological polar surface area (TPSA) is 79.3 Å². The van der Waals surface area contributed by atoms with Gasteiger partial charge in [-0.1, -0.05) is 12.1 Å². The maximum Gasteiger partial charge on any atom is 0.295 e. The summed E-state index contributed by atoms with van der Waals surface area (Å²) in [6, 6.07) is 13.4. The van der Waals surface area contributed by atoms with Crippen LogP contribution < -0.4 is 9.47 Å². The number of carbonyl (C=O) groups is 2. The van der Waals surface area contributed by atoms with Crippen molar-refractivity contribution in [3.8, 4) is 11.5 Å². The summed E-state index contributed by atoms with van der Waals surface area (Å²) in [7, 11) is 5.50. The Bertz CT molecular complexity index is 1010. The molecule has 33 heavy (non-hydrogen) atoms. The van der Waals surface area contributed by atoms with E-state index in [1.165, 1.54) is 0 Å². The molecular formula is C26H32N2O5. The molecule has 0 unspecified atom stereocenters. The molecule has 0 bridgehead atoms. The lowest BCUT2D eigenvalue weighted by molar-refractivity contribution is -0.139. The SMILES string of the molecule is COc1ccc([C@@H]2C(=C(O)c3ccc(OC(C)C)cc3)C(=O)C(=O)N2CCCN(C)C)cc1. The third-order valence-corrected chi connectivity index (χ3v) is 5.48. The van der Waals surface area contributed by atoms with Gasteiger partial charge in [0, 0.05) is 12.1 Å². The Balaban J connectivity index is 2.03. The molecule has 0 aromatic heterocycles. The largest absolute Gasteiger partial charge is 0.507 e. The second-order valence-electron chi connectivity index (χ2n) is 8.61. The quantitative estimate of drug-likeness (QED) is 0.354. The van der Waals surface area contributed by atoms with Gasteiger partial charge in [0.05, 0.1) is 24.8 Å². The zero-order valence-electron chi connectivity index (χ0n) is 19.9. The van der Waals surface area contributed by atoms with Gasteiger partial charge in [0.25, 0.3) is 11.7 Å². The maximum atomic E-state index is 13.1. The summed E-state index contributed by atoms with van der Waals surface area (Å²) in [5, 5.41) is 11.2. The summed E-state index contributed by atoms with van der Waals surface area (Å²) in [5.74, 6) is -0.140. The number of methoxy groups -OCH3 is 1. The highest BCUT2D eigenvalue weighted by molar-refractivity contribution is 6.46. The van der Waals surface area contributed by atoms with Crippen LogP contribution in [0.2, 0.25) is 0 Å². The van der Waals surface area contributed by atoms with Crippen LogP contribution in [0.3, 0.4) is 0 Å². The van der Waals surface area contributed by atoms with Crippen LogP contribution in [0.1, 0.15) is 37.4 Å². The van der Waals surface area contributed by atoms with Crippen molar-refractivity contribution >= 4 is 17.4 Å². The van der Waals surface area contributed by atoms with E-state index in [4.69, 9.17) is 9.47 Å². The van der Waals surface area contributed by atoms with Gasteiger partial charge in [0.1, 0.15) is 17.3 Å². The Hall–Kier alpha value is -3.32. The fraction of sp³-hybridized carbons (Fsp3) is 0.385. The number of hydrogen-bond donors (Lipinski definition) is 1. The third kappa shape index (κ3) is 5.54. The molecule has 1 amide bonds. The van der Waals surface area contributed by atoms with Crippen LogP contribution in [0.15, 0.2) is 54.1 Å². The molecule has 1 heterocycles. The molecule has 7 nitrogen and oxygen atoms in total. The molecule has 0 radical (unpaired) electrons. The van der Waals surface area contributed by atoms with Crippen molar-refractivity contribution < 1.29 is 24.2 Å². The van der Waals surface area contributed by atoms with Crippen LogP contribution in [-0.4, -0.2) is 67.0 Å². The Morgan fingerprint density at radius 2 is 1.64 bits per heavy atom. The smallest absolute Gasteiger partial charge is 0.295 e. The lowest BCUT2D eigenvalue weighted by Crippen LogP contribution is -2.32. The first kappa shape index (κ1) is 24.3. The first-order valence-corrected chi connectivity index (χ1v) is 11.1. The number of ether oxygens (including phenoxy) is 2. The number of aliphatic hydroxyl groups excluding tert-OH is 1. The minimum atomic E-state index is -0.680. The van der Waals surface area contributed by atoms with Crippen molar-refractivity contribution in [2.24, 2.45) is 0 Å². The van der Waals surface area contributed by atoms with Gasteiger partial charge in [-0.2, -0.15) is 0 Å². The van der Waals surface area contributed by atoms with E-state index in [9.17, 15) is 14.7 Å². The summed E-state index contributed by atoms with van der Waals surface area (Å²) in [6.07, 6.45) is 0.723. The van der Waals surface area contributed by atoms with Crippen molar-refractivity contribution in [1.82, 2.24) is 9.80 Å². The number of Topliss-reactive ketones (excluding diaryl/α,β-unsaturated/α-hetero) is 1. The average Bonchev–Trinajstić information content (AvgIpc) is 3.03. The molecule has 176 valence electrons. The van der Waals surface area contributed by atoms with E-state index < -0.39 is 17.7 Å². The first-order chi connectivity index (χ1) is 15.7. The average molecular weight is 453 g/mol. The fourth-order valence-corrected chi connectivity index (χ4v) is 3.92.